The first-order valence-electron chi connectivity index (χ1n) is 4.64. The third kappa shape index (κ3) is 3.57. The summed E-state index contributed by atoms with van der Waals surface area (Å²) < 4.78 is 0.621. The summed E-state index contributed by atoms with van der Waals surface area (Å²) in [6, 6.07) is 3.44. The number of carbonyl (C=O) groups is 1. The zero-order valence-corrected chi connectivity index (χ0v) is 10.3. The van der Waals surface area contributed by atoms with Crippen molar-refractivity contribution in [3.8, 4) is 0 Å². The molecule has 1 atom stereocenters. The Morgan fingerprint density at radius 3 is 2.80 bits per heavy atom. The Kier molecular flexibility index (Phi) is 4.73. The van der Waals surface area contributed by atoms with Gasteiger partial charge in [-0.1, -0.05) is 11.6 Å². The molecule has 5 heteroatoms. The van der Waals surface area contributed by atoms with Crippen molar-refractivity contribution < 1.29 is 9.90 Å². The number of ketones is 1. The summed E-state index contributed by atoms with van der Waals surface area (Å²) in [5.74, 6) is 0.0368. The van der Waals surface area contributed by atoms with Crippen molar-refractivity contribution in [3.63, 3.8) is 0 Å². The molecule has 0 amide bonds. The predicted molar refractivity (Wildman–Crippen MR) is 62.8 cm³/mol. The van der Waals surface area contributed by atoms with Gasteiger partial charge < -0.3 is 5.11 Å². The van der Waals surface area contributed by atoms with Crippen LogP contribution in [-0.4, -0.2) is 42.0 Å². The van der Waals surface area contributed by atoms with Crippen LogP contribution >= 0.6 is 22.9 Å². The molecule has 0 saturated heterocycles. The van der Waals surface area contributed by atoms with Gasteiger partial charge in [-0.25, -0.2) is 0 Å². The molecule has 0 aliphatic carbocycles. The van der Waals surface area contributed by atoms with E-state index in [1.165, 1.54) is 11.3 Å². The maximum atomic E-state index is 11.7. The largest absolute Gasteiger partial charge is 0.395 e. The number of halogens is 1. The molecule has 1 aromatic heterocycles. The lowest BCUT2D eigenvalue weighted by molar-refractivity contribution is 0.0894. The van der Waals surface area contributed by atoms with Crippen LogP contribution in [0.1, 0.15) is 16.6 Å². The second-order valence-corrected chi connectivity index (χ2v) is 5.19. The molecule has 1 aromatic rings. The maximum Gasteiger partial charge on any atom is 0.186 e. The normalized spacial score (nSPS) is 13.1. The number of hydrogen-bond acceptors (Lipinski definition) is 4. The highest BCUT2D eigenvalue weighted by atomic mass is 35.5. The summed E-state index contributed by atoms with van der Waals surface area (Å²) in [5, 5.41) is 8.92. The van der Waals surface area contributed by atoms with Crippen molar-refractivity contribution >= 4 is 28.7 Å². The van der Waals surface area contributed by atoms with Gasteiger partial charge in [-0.3, -0.25) is 9.69 Å². The first kappa shape index (κ1) is 12.6. The highest BCUT2D eigenvalue weighted by Gasteiger charge is 2.14. The van der Waals surface area contributed by atoms with Gasteiger partial charge in [-0.05, 0) is 26.1 Å². The summed E-state index contributed by atoms with van der Waals surface area (Å²) in [6.45, 7) is 2.22. The molecule has 0 saturated carbocycles. The lowest BCUT2D eigenvalue weighted by Gasteiger charge is -2.21. The van der Waals surface area contributed by atoms with Gasteiger partial charge in [0.05, 0.1) is 22.4 Å². The number of nitrogens with zero attached hydrogens (tertiary/aromatic N) is 1. The Morgan fingerprint density at radius 1 is 1.67 bits per heavy atom. The molecule has 1 unspecified atom stereocenters. The van der Waals surface area contributed by atoms with Crippen LogP contribution in [0.15, 0.2) is 12.1 Å². The van der Waals surface area contributed by atoms with E-state index in [-0.39, 0.29) is 18.4 Å². The van der Waals surface area contributed by atoms with Gasteiger partial charge in [0.1, 0.15) is 0 Å². The minimum atomic E-state index is -0.00983. The Hall–Kier alpha value is -0.420. The number of likely N-dealkylation sites (N-methyl/N-ethyl adjacent to an activating group) is 1. The second-order valence-electron chi connectivity index (χ2n) is 3.47. The predicted octanol–water partition coefficient (Wildman–Crippen LogP) is 1.90. The van der Waals surface area contributed by atoms with E-state index in [1.807, 2.05) is 18.9 Å². The lowest BCUT2D eigenvalue weighted by Crippen LogP contribution is -2.35. The zero-order chi connectivity index (χ0) is 11.4. The lowest BCUT2D eigenvalue weighted by atomic mass is 10.2. The van der Waals surface area contributed by atoms with Crippen LogP contribution in [0.5, 0.6) is 0 Å². The van der Waals surface area contributed by atoms with Gasteiger partial charge in [0.25, 0.3) is 0 Å². The number of rotatable bonds is 5. The van der Waals surface area contributed by atoms with E-state index in [2.05, 4.69) is 0 Å². The summed E-state index contributed by atoms with van der Waals surface area (Å²) in [7, 11) is 1.81. The molecule has 0 radical (unpaired) electrons. The Labute approximate surface area is 98.3 Å². The molecule has 0 aliphatic heterocycles. The van der Waals surface area contributed by atoms with Crippen molar-refractivity contribution in [2.45, 2.75) is 13.0 Å². The number of thiophene rings is 1. The number of aliphatic hydroxyl groups is 1. The Morgan fingerprint density at radius 2 is 2.33 bits per heavy atom. The van der Waals surface area contributed by atoms with E-state index in [0.717, 1.165) is 0 Å². The third-order valence-corrected chi connectivity index (χ3v) is 3.53. The fraction of sp³-hybridized carbons (Fsp3) is 0.500. The fourth-order valence-corrected chi connectivity index (χ4v) is 2.04. The van der Waals surface area contributed by atoms with Crippen LogP contribution in [0, 0.1) is 0 Å². The van der Waals surface area contributed by atoms with Gasteiger partial charge in [-0.2, -0.15) is 0 Å². The van der Waals surface area contributed by atoms with E-state index in [0.29, 0.717) is 15.8 Å². The first-order chi connectivity index (χ1) is 7.04. The smallest absolute Gasteiger partial charge is 0.186 e. The SMILES string of the molecule is CC(CO)N(C)CC(=O)c1ccc(Cl)s1. The molecule has 0 fully saturated rings. The first-order valence-corrected chi connectivity index (χ1v) is 5.83. The second kappa shape index (κ2) is 5.61. The summed E-state index contributed by atoms with van der Waals surface area (Å²) in [4.78, 5) is 14.2. The average Bonchev–Trinajstić information content (AvgIpc) is 2.63. The van der Waals surface area contributed by atoms with Gasteiger partial charge in [-0.15, -0.1) is 11.3 Å². The van der Waals surface area contributed by atoms with Crippen LogP contribution in [0.3, 0.4) is 0 Å². The zero-order valence-electron chi connectivity index (χ0n) is 8.74. The molecule has 3 nitrogen and oxygen atoms in total. The number of carbonyl (C=O) groups excluding carboxylic acids is 1. The molecule has 0 aliphatic rings. The number of Topliss-reactive ketones (excluding diaryl/α,β-unsaturated/α-hetero) is 1. The molecular weight excluding hydrogens is 234 g/mol. The highest BCUT2D eigenvalue weighted by molar-refractivity contribution is 7.18. The van der Waals surface area contributed by atoms with Gasteiger partial charge in [0.15, 0.2) is 5.78 Å². The van der Waals surface area contributed by atoms with E-state index < -0.39 is 0 Å². The summed E-state index contributed by atoms with van der Waals surface area (Å²) in [5.41, 5.74) is 0. The van der Waals surface area contributed by atoms with E-state index in [1.54, 1.807) is 12.1 Å². The van der Waals surface area contributed by atoms with Crippen molar-refractivity contribution in [2.75, 3.05) is 20.2 Å². The minimum absolute atomic E-state index is 0.00983. The molecule has 0 aromatic carbocycles. The van der Waals surface area contributed by atoms with Crippen LogP contribution < -0.4 is 0 Å². The minimum Gasteiger partial charge on any atom is -0.395 e. The molecular formula is C10H14ClNO2S. The third-order valence-electron chi connectivity index (χ3n) is 2.26. The molecule has 15 heavy (non-hydrogen) atoms. The van der Waals surface area contributed by atoms with Gasteiger partial charge >= 0.3 is 0 Å². The topological polar surface area (TPSA) is 40.5 Å². The number of hydrogen-bond donors (Lipinski definition) is 1. The Balaban J connectivity index is 2.56. The number of aliphatic hydroxyl groups excluding tert-OH is 1. The maximum absolute atomic E-state index is 11.7. The highest BCUT2D eigenvalue weighted by Crippen LogP contribution is 2.21. The van der Waals surface area contributed by atoms with Crippen molar-refractivity contribution in [3.05, 3.63) is 21.3 Å². The molecule has 84 valence electrons. The quantitative estimate of drug-likeness (QED) is 0.808. The van der Waals surface area contributed by atoms with Crippen LogP contribution in [0.25, 0.3) is 0 Å². The molecule has 1 rings (SSSR count). The van der Waals surface area contributed by atoms with Crippen LogP contribution in [0.4, 0.5) is 0 Å². The standard InChI is InChI=1S/C10H14ClNO2S/c1-7(6-13)12(2)5-8(14)9-3-4-10(11)15-9/h3-4,7,13H,5-6H2,1-2H3. The van der Waals surface area contributed by atoms with Crippen LogP contribution in [0.2, 0.25) is 4.34 Å². The molecule has 1 heterocycles. The van der Waals surface area contributed by atoms with E-state index in [9.17, 15) is 4.79 Å². The van der Waals surface area contributed by atoms with Gasteiger partial charge in [0, 0.05) is 6.04 Å². The van der Waals surface area contributed by atoms with Crippen molar-refractivity contribution in [1.29, 1.82) is 0 Å². The summed E-state index contributed by atoms with van der Waals surface area (Å²) >= 11 is 7.03. The summed E-state index contributed by atoms with van der Waals surface area (Å²) in [6.07, 6.45) is 0. The molecule has 0 bridgehead atoms. The molecule has 1 N–H and O–H groups in total. The molecule has 0 spiro atoms. The van der Waals surface area contributed by atoms with E-state index in [4.69, 9.17) is 16.7 Å². The van der Waals surface area contributed by atoms with Crippen molar-refractivity contribution in [2.24, 2.45) is 0 Å². The van der Waals surface area contributed by atoms with Crippen LogP contribution in [-0.2, 0) is 0 Å². The monoisotopic (exact) mass is 247 g/mol. The fourth-order valence-electron chi connectivity index (χ4n) is 1.06. The van der Waals surface area contributed by atoms with Gasteiger partial charge in [0.2, 0.25) is 0 Å². The Bertz CT molecular complexity index is 340. The van der Waals surface area contributed by atoms with E-state index >= 15 is 0 Å². The average molecular weight is 248 g/mol. The van der Waals surface area contributed by atoms with Crippen molar-refractivity contribution in [1.82, 2.24) is 4.90 Å².